The molecule has 25 heavy (non-hydrogen) atoms. The van der Waals surface area contributed by atoms with Crippen LogP contribution in [0.15, 0.2) is 16.8 Å². The molecule has 1 aliphatic heterocycles. The van der Waals surface area contributed by atoms with Gasteiger partial charge in [-0.2, -0.15) is 9.61 Å². The monoisotopic (exact) mass is 338 g/mol. The molecule has 1 fully saturated rings. The first-order chi connectivity index (χ1) is 12.3. The fourth-order valence-electron chi connectivity index (χ4n) is 4.11. The quantitative estimate of drug-likeness (QED) is 0.729. The number of fused-ring (bicyclic) bond motifs is 2. The third-order valence-corrected chi connectivity index (χ3v) is 5.64. The predicted octanol–water partition coefficient (Wildman–Crippen LogP) is 2.29. The zero-order valence-corrected chi connectivity index (χ0v) is 14.5. The predicted molar refractivity (Wildman–Crippen MR) is 91.3 cm³/mol. The molecule has 0 saturated carbocycles. The zero-order chi connectivity index (χ0) is 16.8. The average molecular weight is 338 g/mol. The molecule has 4 heterocycles. The second-order valence-corrected chi connectivity index (χ2v) is 7.26. The van der Waals surface area contributed by atoms with Crippen molar-refractivity contribution in [2.45, 2.75) is 51.5 Å². The van der Waals surface area contributed by atoms with Gasteiger partial charge in [-0.05, 0) is 63.7 Å². The number of piperidine rings is 1. The van der Waals surface area contributed by atoms with E-state index in [-0.39, 0.29) is 0 Å². The first-order valence-corrected chi connectivity index (χ1v) is 9.14. The molecule has 0 radical (unpaired) electrons. The molecule has 0 aromatic carbocycles. The van der Waals surface area contributed by atoms with E-state index >= 15 is 0 Å². The molecule has 0 atom stereocenters. The lowest BCUT2D eigenvalue weighted by Gasteiger charge is -2.30. The van der Waals surface area contributed by atoms with Gasteiger partial charge in [0.1, 0.15) is 5.76 Å². The van der Waals surface area contributed by atoms with Crippen LogP contribution in [0.3, 0.4) is 0 Å². The van der Waals surface area contributed by atoms with Crippen LogP contribution in [0, 0.1) is 6.92 Å². The molecular weight excluding hydrogens is 316 g/mol. The molecule has 130 valence electrons. The van der Waals surface area contributed by atoms with Gasteiger partial charge in [0.25, 0.3) is 0 Å². The Morgan fingerprint density at radius 2 is 2.08 bits per heavy atom. The Labute approximate surface area is 146 Å². The van der Waals surface area contributed by atoms with Gasteiger partial charge in [0.15, 0.2) is 11.5 Å². The van der Waals surface area contributed by atoms with Crippen LogP contribution in [0.1, 0.15) is 53.6 Å². The Bertz CT molecular complexity index is 906. The van der Waals surface area contributed by atoms with Crippen molar-refractivity contribution in [1.29, 1.82) is 0 Å². The van der Waals surface area contributed by atoms with Crippen molar-refractivity contribution in [3.05, 3.63) is 40.7 Å². The highest BCUT2D eigenvalue weighted by Crippen LogP contribution is 2.29. The normalized spacial score (nSPS) is 18.9. The molecule has 2 aliphatic rings. The number of hydrogen-bond acceptors (Lipinski definition) is 6. The van der Waals surface area contributed by atoms with Crippen molar-refractivity contribution >= 4 is 5.65 Å². The van der Waals surface area contributed by atoms with E-state index in [4.69, 9.17) is 9.62 Å². The summed E-state index contributed by atoms with van der Waals surface area (Å²) in [7, 11) is 0. The molecular formula is C18H22N6O. The maximum atomic E-state index is 5.16. The number of hydrogen-bond donors (Lipinski definition) is 0. The van der Waals surface area contributed by atoms with Gasteiger partial charge in [-0.25, -0.2) is 0 Å². The van der Waals surface area contributed by atoms with Crippen LogP contribution in [0.2, 0.25) is 0 Å². The second-order valence-electron chi connectivity index (χ2n) is 7.26. The van der Waals surface area contributed by atoms with Gasteiger partial charge >= 0.3 is 0 Å². The Morgan fingerprint density at radius 1 is 1.20 bits per heavy atom. The molecule has 0 spiro atoms. The van der Waals surface area contributed by atoms with Gasteiger partial charge in [0.2, 0.25) is 0 Å². The molecule has 5 rings (SSSR count). The summed E-state index contributed by atoms with van der Waals surface area (Å²) in [5.41, 5.74) is 4.67. The number of aryl methyl sites for hydroxylation is 3. The van der Waals surface area contributed by atoms with Gasteiger partial charge in [-0.15, -0.1) is 10.2 Å². The second kappa shape index (κ2) is 5.91. The highest BCUT2D eigenvalue weighted by molar-refractivity contribution is 5.43. The van der Waals surface area contributed by atoms with Gasteiger partial charge in [-0.1, -0.05) is 5.16 Å². The van der Waals surface area contributed by atoms with Crippen LogP contribution in [0.4, 0.5) is 0 Å². The van der Waals surface area contributed by atoms with E-state index in [0.717, 1.165) is 62.5 Å². The lowest BCUT2D eigenvalue weighted by atomic mass is 9.96. The van der Waals surface area contributed by atoms with Crippen LogP contribution in [0.5, 0.6) is 0 Å². The number of nitrogens with zero attached hydrogens (tertiary/aromatic N) is 6. The minimum atomic E-state index is 0.432. The van der Waals surface area contributed by atoms with Crippen LogP contribution in [-0.2, 0) is 19.4 Å². The van der Waals surface area contributed by atoms with E-state index in [0.29, 0.717) is 5.92 Å². The third-order valence-electron chi connectivity index (χ3n) is 5.64. The molecule has 3 aromatic heterocycles. The van der Waals surface area contributed by atoms with Crippen molar-refractivity contribution in [3.63, 3.8) is 0 Å². The lowest BCUT2D eigenvalue weighted by Crippen LogP contribution is -2.33. The Morgan fingerprint density at radius 3 is 2.88 bits per heavy atom. The van der Waals surface area contributed by atoms with Crippen molar-refractivity contribution in [1.82, 2.24) is 29.9 Å². The highest BCUT2D eigenvalue weighted by atomic mass is 16.5. The first kappa shape index (κ1) is 15.0. The summed E-state index contributed by atoms with van der Waals surface area (Å²) in [6.07, 6.45) is 7.42. The van der Waals surface area contributed by atoms with Crippen molar-refractivity contribution in [2.75, 3.05) is 13.1 Å². The minimum Gasteiger partial charge on any atom is -0.361 e. The van der Waals surface area contributed by atoms with E-state index < -0.39 is 0 Å². The molecule has 1 aliphatic carbocycles. The van der Waals surface area contributed by atoms with E-state index in [2.05, 4.69) is 26.3 Å². The van der Waals surface area contributed by atoms with Gasteiger partial charge < -0.3 is 4.52 Å². The number of likely N-dealkylation sites (tertiary alicyclic amines) is 1. The van der Waals surface area contributed by atoms with Crippen molar-refractivity contribution < 1.29 is 4.52 Å². The van der Waals surface area contributed by atoms with E-state index in [9.17, 15) is 0 Å². The summed E-state index contributed by atoms with van der Waals surface area (Å²) in [4.78, 5) is 2.46. The summed E-state index contributed by atoms with van der Waals surface area (Å²) in [6, 6.07) is 2.18. The molecule has 3 aromatic rings. The molecule has 1 saturated heterocycles. The average Bonchev–Trinajstić information content (AvgIpc) is 3.34. The van der Waals surface area contributed by atoms with Gasteiger partial charge in [-0.3, -0.25) is 4.90 Å². The summed E-state index contributed by atoms with van der Waals surface area (Å²) in [5.74, 6) is 2.39. The van der Waals surface area contributed by atoms with Crippen LogP contribution < -0.4 is 0 Å². The molecule has 0 bridgehead atoms. The lowest BCUT2D eigenvalue weighted by molar-refractivity contribution is 0.200. The highest BCUT2D eigenvalue weighted by Gasteiger charge is 2.26. The fourth-order valence-corrected chi connectivity index (χ4v) is 4.11. The standard InChI is InChI=1S/C18H22N6O/c1-12-15(10-19-25-12)11-23-7-5-13(6-8-23)18-21-20-17-9-14-3-2-4-16(14)22-24(17)18/h9-10,13H,2-8,11H2,1H3. The van der Waals surface area contributed by atoms with E-state index in [1.165, 1.54) is 23.2 Å². The van der Waals surface area contributed by atoms with Crippen LogP contribution in [-0.4, -0.2) is 43.0 Å². The van der Waals surface area contributed by atoms with Crippen LogP contribution >= 0.6 is 0 Å². The molecule has 7 nitrogen and oxygen atoms in total. The number of rotatable bonds is 3. The Hall–Kier alpha value is -2.28. The largest absolute Gasteiger partial charge is 0.361 e. The van der Waals surface area contributed by atoms with E-state index in [1.54, 1.807) is 0 Å². The summed E-state index contributed by atoms with van der Waals surface area (Å²) >= 11 is 0. The van der Waals surface area contributed by atoms with Crippen LogP contribution in [0.25, 0.3) is 5.65 Å². The Kier molecular flexibility index (Phi) is 3.55. The maximum Gasteiger partial charge on any atom is 0.178 e. The molecule has 0 amide bonds. The topological polar surface area (TPSA) is 72.3 Å². The maximum absolute atomic E-state index is 5.16. The number of aromatic nitrogens is 5. The van der Waals surface area contributed by atoms with Gasteiger partial charge in [0.05, 0.1) is 11.9 Å². The first-order valence-electron chi connectivity index (χ1n) is 9.14. The van der Waals surface area contributed by atoms with Crippen molar-refractivity contribution in [3.8, 4) is 0 Å². The summed E-state index contributed by atoms with van der Waals surface area (Å²) < 4.78 is 7.16. The van der Waals surface area contributed by atoms with E-state index in [1.807, 2.05) is 17.6 Å². The fraction of sp³-hybridized carbons (Fsp3) is 0.556. The minimum absolute atomic E-state index is 0.432. The smallest absolute Gasteiger partial charge is 0.178 e. The summed E-state index contributed by atoms with van der Waals surface area (Å²) in [5, 5.41) is 17.6. The van der Waals surface area contributed by atoms with Gasteiger partial charge in [0, 0.05) is 18.0 Å². The molecule has 0 unspecified atom stereocenters. The van der Waals surface area contributed by atoms with Crippen molar-refractivity contribution in [2.24, 2.45) is 0 Å². The molecule has 0 N–H and O–H groups in total. The SMILES string of the molecule is Cc1oncc1CN1CCC(c2nnc3cc4c(nn23)CCC4)CC1. The molecule has 7 heteroatoms. The zero-order valence-electron chi connectivity index (χ0n) is 14.5. The Balaban J connectivity index is 1.32. The summed E-state index contributed by atoms with van der Waals surface area (Å²) in [6.45, 7) is 4.99. The third kappa shape index (κ3) is 2.63.